The quantitative estimate of drug-likeness (QED) is 0.721. The van der Waals surface area contributed by atoms with Crippen LogP contribution in [0.25, 0.3) is 17.5 Å². The average Bonchev–Trinajstić information content (AvgIpc) is 2.96. The number of carboxylic acid groups (broad SMARTS) is 1. The van der Waals surface area contributed by atoms with E-state index in [1.165, 1.54) is 0 Å². The number of nitrogens with zero attached hydrogens (tertiary/aromatic N) is 1. The first-order valence-corrected chi connectivity index (χ1v) is 9.13. The number of rotatable bonds is 6. The van der Waals surface area contributed by atoms with Crippen molar-refractivity contribution >= 4 is 12.0 Å². The van der Waals surface area contributed by atoms with Crippen LogP contribution in [0.4, 0.5) is 0 Å². The zero-order valence-corrected chi connectivity index (χ0v) is 15.6. The summed E-state index contributed by atoms with van der Waals surface area (Å²) in [4.78, 5) is 15.6. The first-order valence-electron chi connectivity index (χ1n) is 9.13. The van der Waals surface area contributed by atoms with Gasteiger partial charge in [-0.3, -0.25) is 0 Å². The van der Waals surface area contributed by atoms with E-state index in [0.29, 0.717) is 17.9 Å². The van der Waals surface area contributed by atoms with Crippen molar-refractivity contribution in [3.8, 4) is 11.5 Å². The molecular formula is C21H26N2O3. The Balaban J connectivity index is 0.00000117. The number of carboxylic acids is 1. The minimum Gasteiger partial charge on any atom is -0.478 e. The van der Waals surface area contributed by atoms with Crippen LogP contribution in [0.2, 0.25) is 0 Å². The van der Waals surface area contributed by atoms with Gasteiger partial charge in [0.15, 0.2) is 5.76 Å². The zero-order valence-electron chi connectivity index (χ0n) is 15.6. The molecule has 138 valence electrons. The van der Waals surface area contributed by atoms with Crippen LogP contribution < -0.4 is 5.32 Å². The highest BCUT2D eigenvalue weighted by atomic mass is 16.4. The van der Waals surface area contributed by atoms with Gasteiger partial charge in [-0.25, -0.2) is 9.78 Å². The molecule has 0 aliphatic heterocycles. The second-order valence-corrected chi connectivity index (χ2v) is 5.70. The molecule has 2 N–H and O–H groups in total. The molecule has 0 saturated heterocycles. The van der Waals surface area contributed by atoms with Gasteiger partial charge in [0.05, 0.1) is 11.3 Å². The smallest absolute Gasteiger partial charge is 0.335 e. The molecule has 1 aliphatic rings. The largest absolute Gasteiger partial charge is 0.478 e. The Morgan fingerprint density at radius 3 is 2.88 bits per heavy atom. The minimum absolute atomic E-state index is 0.221. The van der Waals surface area contributed by atoms with Gasteiger partial charge in [-0.1, -0.05) is 39.3 Å². The molecule has 1 aromatic carbocycles. The van der Waals surface area contributed by atoms with E-state index in [2.05, 4.69) is 23.3 Å². The second-order valence-electron chi connectivity index (χ2n) is 5.70. The summed E-state index contributed by atoms with van der Waals surface area (Å²) in [6.45, 7) is 7.08. The minimum atomic E-state index is -0.963. The fourth-order valence-electron chi connectivity index (χ4n) is 2.54. The van der Waals surface area contributed by atoms with E-state index >= 15 is 0 Å². The summed E-state index contributed by atoms with van der Waals surface area (Å²) in [6, 6.07) is 6.63. The van der Waals surface area contributed by atoms with Gasteiger partial charge in [0.25, 0.3) is 0 Å². The third kappa shape index (κ3) is 4.85. The number of fused-ring (bicyclic) bond motifs is 1. The van der Waals surface area contributed by atoms with Crippen molar-refractivity contribution in [1.82, 2.24) is 10.3 Å². The number of aromatic carboxylic acids is 1. The molecule has 0 radical (unpaired) electrons. The van der Waals surface area contributed by atoms with Crippen LogP contribution in [-0.2, 0) is 6.42 Å². The Morgan fingerprint density at radius 1 is 1.35 bits per heavy atom. The van der Waals surface area contributed by atoms with Crippen LogP contribution in [0.3, 0.4) is 0 Å². The summed E-state index contributed by atoms with van der Waals surface area (Å²) in [5.74, 6) is 0.201. The van der Waals surface area contributed by atoms with E-state index in [-0.39, 0.29) is 5.56 Å². The number of hydrogen-bond acceptors (Lipinski definition) is 4. The van der Waals surface area contributed by atoms with Gasteiger partial charge < -0.3 is 14.8 Å². The molecule has 3 rings (SSSR count). The number of oxazole rings is 1. The molecule has 5 heteroatoms. The van der Waals surface area contributed by atoms with Gasteiger partial charge in [0, 0.05) is 30.3 Å². The lowest BCUT2D eigenvalue weighted by atomic mass is 10.1. The van der Waals surface area contributed by atoms with E-state index in [1.807, 2.05) is 26.0 Å². The van der Waals surface area contributed by atoms with Gasteiger partial charge in [0.2, 0.25) is 5.89 Å². The monoisotopic (exact) mass is 354 g/mol. The Kier molecular flexibility index (Phi) is 7.21. The molecule has 0 fully saturated rings. The number of aromatic nitrogens is 1. The molecule has 0 spiro atoms. The molecule has 1 heterocycles. The maximum atomic E-state index is 11.1. The molecule has 5 nitrogen and oxygen atoms in total. The molecule has 1 aromatic heterocycles. The van der Waals surface area contributed by atoms with E-state index in [0.717, 1.165) is 36.5 Å². The summed E-state index contributed by atoms with van der Waals surface area (Å²) in [6.07, 6.45) is 8.98. The summed E-state index contributed by atoms with van der Waals surface area (Å²) in [7, 11) is 0. The molecule has 2 aromatic rings. The van der Waals surface area contributed by atoms with Crippen molar-refractivity contribution in [2.45, 2.75) is 40.0 Å². The Hall–Kier alpha value is -2.82. The van der Waals surface area contributed by atoms with Crippen molar-refractivity contribution in [3.63, 3.8) is 0 Å². The van der Waals surface area contributed by atoms with E-state index < -0.39 is 5.97 Å². The molecule has 1 aliphatic carbocycles. The molecule has 0 atom stereocenters. The normalized spacial score (nSPS) is 12.3. The molecule has 0 amide bonds. The number of carbonyl (C=O) groups is 1. The average molecular weight is 354 g/mol. The van der Waals surface area contributed by atoms with E-state index in [4.69, 9.17) is 9.52 Å². The third-order valence-corrected chi connectivity index (χ3v) is 3.84. The number of benzene rings is 1. The molecule has 0 saturated carbocycles. The first kappa shape index (κ1) is 19.5. The lowest BCUT2D eigenvalue weighted by Crippen LogP contribution is -2.12. The molecule has 0 unspecified atom stereocenters. The highest BCUT2D eigenvalue weighted by Crippen LogP contribution is 2.26. The van der Waals surface area contributed by atoms with Crippen molar-refractivity contribution in [1.29, 1.82) is 0 Å². The summed E-state index contributed by atoms with van der Waals surface area (Å²) in [5, 5.41) is 12.5. The fourth-order valence-corrected chi connectivity index (χ4v) is 2.54. The van der Waals surface area contributed by atoms with Crippen molar-refractivity contribution in [3.05, 3.63) is 59.1 Å². The van der Waals surface area contributed by atoms with Gasteiger partial charge in [0.1, 0.15) is 0 Å². The highest BCUT2D eigenvalue weighted by molar-refractivity contribution is 5.89. The number of nitrogens with one attached hydrogen (secondary N) is 1. The van der Waals surface area contributed by atoms with Crippen molar-refractivity contribution in [2.24, 2.45) is 0 Å². The van der Waals surface area contributed by atoms with Crippen LogP contribution >= 0.6 is 0 Å². The van der Waals surface area contributed by atoms with Crippen molar-refractivity contribution in [2.75, 3.05) is 6.54 Å². The maximum absolute atomic E-state index is 11.1. The van der Waals surface area contributed by atoms with E-state index in [1.54, 1.807) is 24.3 Å². The van der Waals surface area contributed by atoms with Crippen LogP contribution in [0.1, 0.15) is 55.4 Å². The SMILES string of the molecule is CC.CCCCNC1=Cc2oc(-c3cccc(C(=O)O)c3)nc2CC=C1. The number of hydrogen-bond donors (Lipinski definition) is 2. The van der Waals surface area contributed by atoms with Gasteiger partial charge in [-0.15, -0.1) is 0 Å². The van der Waals surface area contributed by atoms with Crippen LogP contribution in [0, 0.1) is 0 Å². The van der Waals surface area contributed by atoms with Crippen LogP contribution in [0.15, 0.2) is 46.5 Å². The third-order valence-electron chi connectivity index (χ3n) is 3.84. The van der Waals surface area contributed by atoms with Gasteiger partial charge in [-0.05, 0) is 30.7 Å². The first-order chi connectivity index (χ1) is 12.7. The van der Waals surface area contributed by atoms with Crippen LogP contribution in [0.5, 0.6) is 0 Å². The maximum Gasteiger partial charge on any atom is 0.335 e. The molecule has 26 heavy (non-hydrogen) atoms. The number of unbranched alkanes of at least 4 members (excludes halogenated alkanes) is 1. The Labute approximate surface area is 154 Å². The second kappa shape index (κ2) is 9.61. The number of allylic oxidation sites excluding steroid dienone is 2. The Morgan fingerprint density at radius 2 is 2.15 bits per heavy atom. The van der Waals surface area contributed by atoms with E-state index in [9.17, 15) is 4.79 Å². The summed E-state index contributed by atoms with van der Waals surface area (Å²) < 4.78 is 5.88. The molecule has 0 bridgehead atoms. The topological polar surface area (TPSA) is 75.4 Å². The predicted molar refractivity (Wildman–Crippen MR) is 104 cm³/mol. The lowest BCUT2D eigenvalue weighted by Gasteiger charge is -2.04. The summed E-state index contributed by atoms with van der Waals surface area (Å²) in [5.41, 5.74) is 2.75. The fraction of sp³-hybridized carbons (Fsp3) is 0.333. The van der Waals surface area contributed by atoms with Crippen LogP contribution in [-0.4, -0.2) is 22.6 Å². The van der Waals surface area contributed by atoms with Crippen molar-refractivity contribution < 1.29 is 14.3 Å². The highest BCUT2D eigenvalue weighted by Gasteiger charge is 2.15. The van der Waals surface area contributed by atoms with Gasteiger partial charge in [-0.2, -0.15) is 0 Å². The van der Waals surface area contributed by atoms with Gasteiger partial charge >= 0.3 is 5.97 Å². The Bertz CT molecular complexity index is 803. The lowest BCUT2D eigenvalue weighted by molar-refractivity contribution is 0.0697. The zero-order chi connectivity index (χ0) is 18.9. The standard InChI is InChI=1S/C19H20N2O3.C2H6/c1-2-3-10-20-15-8-5-9-16-17(12-15)24-18(21-16)13-6-4-7-14(11-13)19(22)23;1-2/h4-8,11-12,20H,2-3,9-10H2,1H3,(H,22,23);1-2H3. The summed E-state index contributed by atoms with van der Waals surface area (Å²) >= 11 is 0. The predicted octanol–water partition coefficient (Wildman–Crippen LogP) is 4.91. The molecular weight excluding hydrogens is 328 g/mol.